The van der Waals surface area contributed by atoms with E-state index in [-0.39, 0.29) is 17.5 Å². The fourth-order valence-corrected chi connectivity index (χ4v) is 4.47. The van der Waals surface area contributed by atoms with E-state index in [2.05, 4.69) is 4.98 Å². The molecule has 0 saturated carbocycles. The average Bonchev–Trinajstić information content (AvgIpc) is 3.47. The number of methoxy groups -OCH3 is 1. The van der Waals surface area contributed by atoms with Crippen LogP contribution in [0.15, 0.2) is 59.5 Å². The zero-order valence-electron chi connectivity index (χ0n) is 17.4. The summed E-state index contributed by atoms with van der Waals surface area (Å²) < 4.78 is 6.91. The van der Waals surface area contributed by atoms with Gasteiger partial charge in [0.25, 0.3) is 11.5 Å². The third kappa shape index (κ3) is 3.41. The van der Waals surface area contributed by atoms with Crippen LogP contribution in [0.3, 0.4) is 0 Å². The lowest BCUT2D eigenvalue weighted by molar-refractivity contribution is 0.0725. The van der Waals surface area contributed by atoms with Gasteiger partial charge in [-0.05, 0) is 49.2 Å². The molecule has 1 amide bonds. The van der Waals surface area contributed by atoms with Crippen LogP contribution in [-0.4, -0.2) is 45.6 Å². The van der Waals surface area contributed by atoms with Crippen molar-refractivity contribution in [2.45, 2.75) is 25.4 Å². The zero-order valence-corrected chi connectivity index (χ0v) is 17.4. The number of nitrogens with zero attached hydrogens (tertiary/aromatic N) is 3. The molecule has 0 radical (unpaired) electrons. The van der Waals surface area contributed by atoms with Gasteiger partial charge in [-0.25, -0.2) is 4.98 Å². The van der Waals surface area contributed by atoms with Crippen molar-refractivity contribution in [1.82, 2.24) is 19.4 Å². The Hall–Kier alpha value is -3.45. The summed E-state index contributed by atoms with van der Waals surface area (Å²) in [6, 6.07) is 14.8. The fourth-order valence-electron chi connectivity index (χ4n) is 4.47. The Morgan fingerprint density at radius 3 is 2.97 bits per heavy atom. The maximum atomic E-state index is 13.4. The van der Waals surface area contributed by atoms with Gasteiger partial charge in [-0.1, -0.05) is 12.1 Å². The van der Waals surface area contributed by atoms with Gasteiger partial charge in [0.15, 0.2) is 0 Å². The summed E-state index contributed by atoms with van der Waals surface area (Å²) in [5.41, 5.74) is 2.21. The molecular formula is C24H24N4O3. The van der Waals surface area contributed by atoms with Crippen LogP contribution < -0.4 is 5.56 Å². The first kappa shape index (κ1) is 19.5. The summed E-state index contributed by atoms with van der Waals surface area (Å²) in [6.07, 6.45) is 3.51. The van der Waals surface area contributed by atoms with Crippen LogP contribution >= 0.6 is 0 Å². The third-order valence-corrected chi connectivity index (χ3v) is 6.02. The van der Waals surface area contributed by atoms with Crippen molar-refractivity contribution in [2.24, 2.45) is 0 Å². The first-order valence-corrected chi connectivity index (χ1v) is 10.5. The Balaban J connectivity index is 1.57. The fraction of sp³-hybridized carbons (Fsp3) is 0.292. The minimum absolute atomic E-state index is 0.0358. The lowest BCUT2D eigenvalue weighted by Gasteiger charge is -2.27. The Bertz CT molecular complexity index is 1320. The van der Waals surface area contributed by atoms with Crippen LogP contribution in [0.1, 0.15) is 35.1 Å². The number of carbonyl (C=O) groups is 1. The molecule has 0 spiro atoms. The smallest absolute Gasteiger partial charge is 0.261 e. The number of ether oxygens (including phenoxy) is 1. The summed E-state index contributed by atoms with van der Waals surface area (Å²) in [5, 5.41) is 1.58. The lowest BCUT2D eigenvalue weighted by atomic mass is 10.1. The van der Waals surface area contributed by atoms with Gasteiger partial charge in [0.1, 0.15) is 5.82 Å². The van der Waals surface area contributed by atoms with Crippen LogP contribution in [-0.2, 0) is 11.3 Å². The van der Waals surface area contributed by atoms with Crippen molar-refractivity contribution in [3.8, 4) is 0 Å². The molecule has 0 aliphatic carbocycles. The number of hydrogen-bond acceptors (Lipinski definition) is 4. The second-order valence-electron chi connectivity index (χ2n) is 7.87. The molecule has 4 aromatic rings. The number of benzene rings is 2. The second kappa shape index (κ2) is 8.00. The van der Waals surface area contributed by atoms with E-state index in [9.17, 15) is 9.59 Å². The van der Waals surface area contributed by atoms with Gasteiger partial charge >= 0.3 is 0 Å². The van der Waals surface area contributed by atoms with Crippen LogP contribution in [0.4, 0.5) is 0 Å². The highest BCUT2D eigenvalue weighted by atomic mass is 16.5. The second-order valence-corrected chi connectivity index (χ2v) is 7.87. The van der Waals surface area contributed by atoms with Crippen LogP contribution in [0.2, 0.25) is 0 Å². The quantitative estimate of drug-likeness (QED) is 0.540. The molecule has 2 aromatic heterocycles. The molecule has 5 rings (SSSR count). The summed E-state index contributed by atoms with van der Waals surface area (Å²) in [4.78, 5) is 36.5. The minimum Gasteiger partial charge on any atom is -0.383 e. The van der Waals surface area contributed by atoms with Gasteiger partial charge in [0.2, 0.25) is 0 Å². The highest BCUT2D eigenvalue weighted by molar-refractivity contribution is 5.98. The molecule has 2 aromatic carbocycles. The molecule has 1 aliphatic rings. The standard InChI is InChI=1S/C24H24N4O3/c1-31-14-13-28-22(26-20-6-3-2-5-18(20)24(28)30)21-7-4-12-27(21)23(29)17-8-9-19-16(15-17)10-11-25-19/h2-3,5-6,8-11,15,21,25H,4,7,12-14H2,1H3. The number of para-hydroxylation sites is 1. The highest BCUT2D eigenvalue weighted by Gasteiger charge is 2.34. The van der Waals surface area contributed by atoms with E-state index in [1.54, 1.807) is 17.7 Å². The van der Waals surface area contributed by atoms with Gasteiger partial charge in [-0.15, -0.1) is 0 Å². The third-order valence-electron chi connectivity index (χ3n) is 6.02. The van der Waals surface area contributed by atoms with E-state index in [0.717, 1.165) is 23.7 Å². The Morgan fingerprint density at radius 1 is 1.23 bits per heavy atom. The van der Waals surface area contributed by atoms with E-state index in [1.165, 1.54) is 0 Å². The molecule has 1 aliphatic heterocycles. The number of aromatic nitrogens is 3. The van der Waals surface area contributed by atoms with Gasteiger partial charge in [-0.2, -0.15) is 0 Å². The van der Waals surface area contributed by atoms with E-state index in [4.69, 9.17) is 9.72 Å². The van der Waals surface area contributed by atoms with E-state index in [1.807, 2.05) is 53.6 Å². The van der Waals surface area contributed by atoms with Crippen molar-refractivity contribution in [3.05, 3.63) is 76.5 Å². The van der Waals surface area contributed by atoms with E-state index in [0.29, 0.717) is 42.0 Å². The Morgan fingerprint density at radius 2 is 2.10 bits per heavy atom. The number of rotatable bonds is 5. The molecule has 1 atom stereocenters. The normalized spacial score (nSPS) is 16.4. The SMILES string of the molecule is COCCn1c(C2CCCN2C(=O)c2ccc3[nH]ccc3c2)nc2ccccc2c1=O. The summed E-state index contributed by atoms with van der Waals surface area (Å²) in [5.74, 6) is 0.598. The van der Waals surface area contributed by atoms with E-state index >= 15 is 0 Å². The largest absolute Gasteiger partial charge is 0.383 e. The number of nitrogens with one attached hydrogen (secondary N) is 1. The van der Waals surface area contributed by atoms with Gasteiger partial charge < -0.3 is 14.6 Å². The number of fused-ring (bicyclic) bond motifs is 2. The number of likely N-dealkylation sites (tertiary alicyclic amines) is 1. The molecule has 0 bridgehead atoms. The monoisotopic (exact) mass is 416 g/mol. The summed E-state index contributed by atoms with van der Waals surface area (Å²) in [6.45, 7) is 1.44. The first-order chi connectivity index (χ1) is 15.2. The predicted molar refractivity (Wildman–Crippen MR) is 119 cm³/mol. The first-order valence-electron chi connectivity index (χ1n) is 10.5. The number of carbonyl (C=O) groups excluding carboxylic acids is 1. The maximum Gasteiger partial charge on any atom is 0.261 e. The van der Waals surface area contributed by atoms with Gasteiger partial charge in [0.05, 0.1) is 30.1 Å². The average molecular weight is 416 g/mol. The number of H-pyrrole nitrogens is 1. The van der Waals surface area contributed by atoms with Crippen molar-refractivity contribution in [1.29, 1.82) is 0 Å². The molecule has 3 heterocycles. The van der Waals surface area contributed by atoms with Gasteiger partial charge in [0, 0.05) is 36.3 Å². The molecule has 158 valence electrons. The molecule has 1 fully saturated rings. The maximum absolute atomic E-state index is 13.4. The molecule has 7 heteroatoms. The van der Waals surface area contributed by atoms with Crippen LogP contribution in [0, 0.1) is 0 Å². The molecule has 1 saturated heterocycles. The van der Waals surface area contributed by atoms with Crippen molar-refractivity contribution >= 4 is 27.7 Å². The van der Waals surface area contributed by atoms with E-state index < -0.39 is 0 Å². The molecule has 1 unspecified atom stereocenters. The molecule has 7 nitrogen and oxygen atoms in total. The van der Waals surface area contributed by atoms with Crippen LogP contribution in [0.5, 0.6) is 0 Å². The highest BCUT2D eigenvalue weighted by Crippen LogP contribution is 2.33. The van der Waals surface area contributed by atoms with Crippen molar-refractivity contribution < 1.29 is 9.53 Å². The zero-order chi connectivity index (χ0) is 21.4. The van der Waals surface area contributed by atoms with Crippen molar-refractivity contribution in [3.63, 3.8) is 0 Å². The summed E-state index contributed by atoms with van der Waals surface area (Å²) in [7, 11) is 1.61. The number of aromatic amines is 1. The number of hydrogen-bond donors (Lipinski definition) is 1. The molecular weight excluding hydrogens is 392 g/mol. The predicted octanol–water partition coefficient (Wildman–Crippen LogP) is 3.50. The minimum atomic E-state index is -0.247. The van der Waals surface area contributed by atoms with Crippen LogP contribution in [0.25, 0.3) is 21.8 Å². The topological polar surface area (TPSA) is 80.2 Å². The summed E-state index contributed by atoms with van der Waals surface area (Å²) >= 11 is 0. The molecule has 1 N–H and O–H groups in total. The Labute approximate surface area is 179 Å². The van der Waals surface area contributed by atoms with Gasteiger partial charge in [-0.3, -0.25) is 14.2 Å². The number of amides is 1. The lowest BCUT2D eigenvalue weighted by Crippen LogP contribution is -2.36. The molecule has 31 heavy (non-hydrogen) atoms. The Kier molecular flexibility index (Phi) is 5.03. The van der Waals surface area contributed by atoms with Crippen molar-refractivity contribution in [2.75, 3.05) is 20.3 Å².